The largest absolute Gasteiger partial charge is 0.374 e. The van der Waals surface area contributed by atoms with Crippen LogP contribution in [0, 0.1) is 11.6 Å². The zero-order valence-electron chi connectivity index (χ0n) is 32.6. The number of carbonyl (C=O) groups is 4. The minimum absolute atomic E-state index is 0.0228. The number of nitrogens with one attached hydrogen (secondary N) is 3. The molecule has 3 N–H and O–H groups in total. The Kier molecular flexibility index (Phi) is 10.8. The number of anilines is 2. The van der Waals surface area contributed by atoms with Crippen molar-refractivity contribution in [2.24, 2.45) is 0 Å². The summed E-state index contributed by atoms with van der Waals surface area (Å²) in [6.45, 7) is 2.61. The zero-order chi connectivity index (χ0) is 40.5. The Morgan fingerprint density at radius 1 is 0.966 bits per heavy atom. The molecule has 2 aromatic heterocycles. The van der Waals surface area contributed by atoms with E-state index in [0.29, 0.717) is 61.3 Å². The van der Waals surface area contributed by atoms with E-state index in [1.807, 2.05) is 41.4 Å². The third kappa shape index (κ3) is 7.95. The second-order valence-corrected chi connectivity index (χ2v) is 15.5. The van der Waals surface area contributed by atoms with Gasteiger partial charge in [0.25, 0.3) is 5.91 Å². The van der Waals surface area contributed by atoms with Crippen molar-refractivity contribution < 1.29 is 28.0 Å². The monoisotopic (exact) mass is 788 g/mol. The number of nitrogens with zero attached hydrogens (tertiary/aromatic N) is 5. The summed E-state index contributed by atoms with van der Waals surface area (Å²) in [6, 6.07) is 17.9. The number of rotatable bonds is 10. The fraction of sp³-hybridized carbons (Fsp3) is 0.341. The highest BCUT2D eigenvalue weighted by Crippen LogP contribution is 2.39. The van der Waals surface area contributed by atoms with Crippen LogP contribution in [0.1, 0.15) is 66.1 Å². The van der Waals surface area contributed by atoms with Crippen molar-refractivity contribution >= 4 is 51.5 Å². The molecule has 1 atom stereocenters. The van der Waals surface area contributed by atoms with E-state index in [1.165, 1.54) is 11.0 Å². The van der Waals surface area contributed by atoms with Gasteiger partial charge in [0.05, 0.1) is 11.2 Å². The molecule has 12 nitrogen and oxygen atoms in total. The molecule has 3 aromatic carbocycles. The van der Waals surface area contributed by atoms with Gasteiger partial charge in [-0.1, -0.05) is 30.3 Å². The maximum atomic E-state index is 16.5. The highest BCUT2D eigenvalue weighted by Gasteiger charge is 2.29. The van der Waals surface area contributed by atoms with Gasteiger partial charge in [-0.05, 0) is 90.3 Å². The summed E-state index contributed by atoms with van der Waals surface area (Å²) >= 11 is 0. The van der Waals surface area contributed by atoms with Crippen LogP contribution in [0.2, 0.25) is 0 Å². The minimum Gasteiger partial charge on any atom is -0.374 e. The molecule has 2 fully saturated rings. The van der Waals surface area contributed by atoms with Crippen LogP contribution >= 0.6 is 0 Å². The second kappa shape index (κ2) is 16.3. The Labute approximate surface area is 334 Å². The van der Waals surface area contributed by atoms with Crippen LogP contribution in [0.5, 0.6) is 0 Å². The number of piperidine rings is 2. The average molecular weight is 789 g/mol. The number of aromatic nitrogens is 3. The molecule has 0 saturated carbocycles. The standard InChI is InChI=1S/C44H46F2N8O4/c1-51(2)44(58)37-25-34-32(24-33(41(46)42(34)49-37)30-5-3-18-53(26-30)40(56)16-22-54-19-4-17-47-54)29-8-6-27(7-9-29)28-14-20-52(21-15-28)38-12-10-31(23-35(38)45)48-36-11-13-39(55)50-43(36)57/h4-10,12,17,19,23-25,28,36,48-49H,3,11,13-16,18,20-22,26H2,1-2H3,(H,50,55,57)/t36-/m0/s1. The Hall–Kier alpha value is -6.31. The summed E-state index contributed by atoms with van der Waals surface area (Å²) in [4.78, 5) is 58.2. The first-order valence-electron chi connectivity index (χ1n) is 19.8. The number of hydrogen-bond acceptors (Lipinski definition) is 7. The highest BCUT2D eigenvalue weighted by atomic mass is 19.1. The SMILES string of the molecule is CN(C)C(=O)c1cc2c(-c3ccc(C4CCN(c5ccc(N[C@H]6CCC(=O)NC6=O)cc5F)CC4)cc3)cc(C3=CCCN(C(=O)CCn4cccn4)C3)c(F)c2[nH]1. The first-order chi connectivity index (χ1) is 28.0. The normalized spacial score (nSPS) is 17.7. The fourth-order valence-electron chi connectivity index (χ4n) is 8.32. The number of fused-ring (bicyclic) bond motifs is 1. The van der Waals surface area contributed by atoms with Crippen molar-refractivity contribution in [2.75, 3.05) is 50.5 Å². The van der Waals surface area contributed by atoms with Crippen LogP contribution in [-0.2, 0) is 20.9 Å². The smallest absolute Gasteiger partial charge is 0.269 e. The van der Waals surface area contributed by atoms with E-state index in [1.54, 1.807) is 48.1 Å². The Morgan fingerprint density at radius 2 is 1.76 bits per heavy atom. The number of halogens is 2. The molecular formula is C44H46F2N8O4. The van der Waals surface area contributed by atoms with Gasteiger partial charge in [-0.25, -0.2) is 8.78 Å². The molecule has 3 aliphatic heterocycles. The van der Waals surface area contributed by atoms with Crippen LogP contribution in [0.25, 0.3) is 27.6 Å². The fourth-order valence-corrected chi connectivity index (χ4v) is 8.32. The second-order valence-electron chi connectivity index (χ2n) is 15.5. The van der Waals surface area contributed by atoms with Gasteiger partial charge < -0.3 is 25.0 Å². The van der Waals surface area contributed by atoms with Crippen LogP contribution in [-0.4, -0.2) is 94.5 Å². The lowest BCUT2D eigenvalue weighted by Crippen LogP contribution is -2.47. The maximum Gasteiger partial charge on any atom is 0.269 e. The quantitative estimate of drug-likeness (QED) is 0.141. The van der Waals surface area contributed by atoms with Crippen LogP contribution in [0.4, 0.5) is 20.2 Å². The van der Waals surface area contributed by atoms with Crippen molar-refractivity contribution in [2.45, 2.75) is 57.0 Å². The molecule has 3 aliphatic rings. The van der Waals surface area contributed by atoms with Gasteiger partial charge in [-0.3, -0.25) is 29.2 Å². The van der Waals surface area contributed by atoms with Gasteiger partial charge in [0.2, 0.25) is 17.7 Å². The van der Waals surface area contributed by atoms with Gasteiger partial charge in [0.1, 0.15) is 17.6 Å². The zero-order valence-corrected chi connectivity index (χ0v) is 32.6. The van der Waals surface area contributed by atoms with Crippen LogP contribution < -0.4 is 15.5 Å². The molecule has 0 unspecified atom stereocenters. The third-order valence-corrected chi connectivity index (χ3v) is 11.5. The molecule has 0 spiro atoms. The molecule has 14 heteroatoms. The molecule has 8 rings (SSSR count). The molecule has 0 aliphatic carbocycles. The highest BCUT2D eigenvalue weighted by molar-refractivity contribution is 6.05. The minimum atomic E-state index is -0.588. The predicted molar refractivity (Wildman–Crippen MR) is 218 cm³/mol. The van der Waals surface area contributed by atoms with Crippen molar-refractivity contribution in [1.82, 2.24) is 29.9 Å². The summed E-state index contributed by atoms with van der Waals surface area (Å²) in [7, 11) is 3.31. The van der Waals surface area contributed by atoms with E-state index in [2.05, 4.69) is 32.8 Å². The van der Waals surface area contributed by atoms with E-state index in [4.69, 9.17) is 0 Å². The number of hydrogen-bond donors (Lipinski definition) is 3. The Morgan fingerprint density at radius 3 is 2.47 bits per heavy atom. The molecule has 0 radical (unpaired) electrons. The van der Waals surface area contributed by atoms with Gasteiger partial charge >= 0.3 is 0 Å². The first kappa shape index (κ1) is 38.6. The summed E-state index contributed by atoms with van der Waals surface area (Å²) in [5, 5.41) is 10.1. The molecule has 4 amide bonds. The molecule has 5 heterocycles. The van der Waals surface area contributed by atoms with E-state index in [-0.39, 0.29) is 60.1 Å². The number of carbonyl (C=O) groups excluding carboxylic acids is 4. The van der Waals surface area contributed by atoms with Crippen LogP contribution in [0.15, 0.2) is 79.1 Å². The van der Waals surface area contributed by atoms with E-state index < -0.39 is 17.8 Å². The maximum absolute atomic E-state index is 16.5. The number of H-pyrrole nitrogens is 1. The molecule has 5 aromatic rings. The lowest BCUT2D eigenvalue weighted by molar-refractivity contribution is -0.134. The van der Waals surface area contributed by atoms with Crippen molar-refractivity contribution in [3.63, 3.8) is 0 Å². The van der Waals surface area contributed by atoms with Gasteiger partial charge in [0.15, 0.2) is 5.82 Å². The average Bonchev–Trinajstić information content (AvgIpc) is 3.93. The lowest BCUT2D eigenvalue weighted by atomic mass is 9.87. The van der Waals surface area contributed by atoms with E-state index in [9.17, 15) is 19.2 Å². The Bertz CT molecular complexity index is 2400. The van der Waals surface area contributed by atoms with E-state index >= 15 is 8.78 Å². The van der Waals surface area contributed by atoms with Gasteiger partial charge in [0, 0.05) is 88.7 Å². The molecule has 0 bridgehead atoms. The lowest BCUT2D eigenvalue weighted by Gasteiger charge is -2.34. The number of benzene rings is 3. The van der Waals surface area contributed by atoms with Gasteiger partial charge in [-0.15, -0.1) is 0 Å². The van der Waals surface area contributed by atoms with E-state index in [0.717, 1.165) is 35.1 Å². The summed E-state index contributed by atoms with van der Waals surface area (Å²) in [6.07, 6.45) is 8.61. The number of amides is 4. The number of aryl methyl sites for hydroxylation is 1. The molecule has 2 saturated heterocycles. The van der Waals surface area contributed by atoms with Crippen molar-refractivity contribution in [3.05, 3.63) is 108 Å². The summed E-state index contributed by atoms with van der Waals surface area (Å²) < 4.78 is 33.6. The van der Waals surface area contributed by atoms with Crippen molar-refractivity contribution in [3.8, 4) is 11.1 Å². The van der Waals surface area contributed by atoms with Crippen LogP contribution in [0.3, 0.4) is 0 Å². The molecule has 58 heavy (non-hydrogen) atoms. The Balaban J connectivity index is 0.989. The number of aromatic amines is 1. The summed E-state index contributed by atoms with van der Waals surface area (Å²) in [5.41, 5.74) is 5.42. The van der Waals surface area contributed by atoms with Crippen molar-refractivity contribution in [1.29, 1.82) is 0 Å². The molecule has 300 valence electrons. The number of imide groups is 1. The first-order valence-corrected chi connectivity index (χ1v) is 19.8. The summed E-state index contributed by atoms with van der Waals surface area (Å²) in [5.74, 6) is -1.58. The third-order valence-electron chi connectivity index (χ3n) is 11.5. The molecular weight excluding hydrogens is 743 g/mol. The predicted octanol–water partition coefficient (Wildman–Crippen LogP) is 6.32. The topological polar surface area (TPSA) is 136 Å². The van der Waals surface area contributed by atoms with Gasteiger partial charge in [-0.2, -0.15) is 5.10 Å².